The predicted molar refractivity (Wildman–Crippen MR) is 43.9 cm³/mol. The van der Waals surface area contributed by atoms with Gasteiger partial charge in [-0.05, 0) is 16.5 Å². The molecule has 0 fully saturated rings. The van der Waals surface area contributed by atoms with Crippen molar-refractivity contribution in [1.82, 2.24) is 30.0 Å². The number of aromatic nitrogens is 6. The Labute approximate surface area is 72.2 Å². The van der Waals surface area contributed by atoms with E-state index >= 15 is 0 Å². The Bertz CT molecular complexity index is 571. The molecule has 0 aliphatic carbocycles. The molecule has 0 saturated heterocycles. The summed E-state index contributed by atoms with van der Waals surface area (Å²) in [6.45, 7) is 0. The molecule has 0 aliphatic rings. The summed E-state index contributed by atoms with van der Waals surface area (Å²) in [7, 11) is 0. The minimum atomic E-state index is 0.630. The van der Waals surface area contributed by atoms with E-state index in [0.29, 0.717) is 5.65 Å². The molecule has 0 amide bonds. The van der Waals surface area contributed by atoms with Crippen LogP contribution in [-0.2, 0) is 0 Å². The van der Waals surface area contributed by atoms with Gasteiger partial charge in [0.05, 0.1) is 5.52 Å². The Morgan fingerprint density at radius 2 is 2.08 bits per heavy atom. The smallest absolute Gasteiger partial charge is 0.207 e. The molecule has 0 saturated carbocycles. The van der Waals surface area contributed by atoms with Gasteiger partial charge < -0.3 is 0 Å². The zero-order valence-electron chi connectivity index (χ0n) is 6.49. The van der Waals surface area contributed by atoms with Gasteiger partial charge in [0.2, 0.25) is 5.65 Å². The lowest BCUT2D eigenvalue weighted by Gasteiger charge is -1.94. The molecule has 0 aromatic carbocycles. The van der Waals surface area contributed by atoms with Crippen molar-refractivity contribution in [3.05, 3.63) is 24.7 Å². The maximum Gasteiger partial charge on any atom is 0.207 e. The van der Waals surface area contributed by atoms with Gasteiger partial charge in [0.1, 0.15) is 5.52 Å². The number of fused-ring (bicyclic) bond motifs is 3. The Balaban J connectivity index is 2.65. The summed E-state index contributed by atoms with van der Waals surface area (Å²) in [6.07, 6.45) is 5.02. The fourth-order valence-electron chi connectivity index (χ4n) is 1.23. The molecule has 0 bridgehead atoms. The van der Waals surface area contributed by atoms with Crippen LogP contribution in [0.25, 0.3) is 16.7 Å². The predicted octanol–water partition coefficient (Wildman–Crippen LogP) is 0.0675. The summed E-state index contributed by atoms with van der Waals surface area (Å²) in [5, 5.41) is 11.1. The lowest BCUT2D eigenvalue weighted by atomic mass is 10.4. The van der Waals surface area contributed by atoms with Crippen LogP contribution >= 0.6 is 0 Å². The van der Waals surface area contributed by atoms with E-state index in [9.17, 15) is 0 Å². The van der Waals surface area contributed by atoms with E-state index in [4.69, 9.17) is 0 Å². The molecule has 13 heavy (non-hydrogen) atoms. The summed E-state index contributed by atoms with van der Waals surface area (Å²) < 4.78 is 1.57. The minimum absolute atomic E-state index is 0.630. The number of tetrazole rings is 1. The monoisotopic (exact) mass is 172 g/mol. The van der Waals surface area contributed by atoms with Crippen LogP contribution in [0.4, 0.5) is 0 Å². The number of rotatable bonds is 0. The molecule has 6 nitrogen and oxygen atoms in total. The topological polar surface area (TPSA) is 68.9 Å². The van der Waals surface area contributed by atoms with Gasteiger partial charge in [-0.3, -0.25) is 4.98 Å². The summed E-state index contributed by atoms with van der Waals surface area (Å²) in [4.78, 5) is 8.30. The average Bonchev–Trinajstić information content (AvgIpc) is 2.65. The highest BCUT2D eigenvalue weighted by molar-refractivity contribution is 5.86. The Hall–Kier alpha value is -2.11. The third-order valence-electron chi connectivity index (χ3n) is 1.80. The van der Waals surface area contributed by atoms with Crippen LogP contribution in [-0.4, -0.2) is 30.0 Å². The molecule has 0 atom stereocenters. The van der Waals surface area contributed by atoms with E-state index in [-0.39, 0.29) is 0 Å². The van der Waals surface area contributed by atoms with Crippen molar-refractivity contribution in [2.24, 2.45) is 0 Å². The first-order valence-corrected chi connectivity index (χ1v) is 3.72. The third-order valence-corrected chi connectivity index (χ3v) is 1.80. The minimum Gasteiger partial charge on any atom is -0.253 e. The van der Waals surface area contributed by atoms with Crippen molar-refractivity contribution in [3.8, 4) is 0 Å². The van der Waals surface area contributed by atoms with Crippen LogP contribution < -0.4 is 0 Å². The van der Waals surface area contributed by atoms with Crippen molar-refractivity contribution in [2.45, 2.75) is 0 Å². The van der Waals surface area contributed by atoms with Gasteiger partial charge in [-0.15, -0.1) is 5.10 Å². The van der Waals surface area contributed by atoms with Crippen LogP contribution in [0.15, 0.2) is 24.7 Å². The molecule has 3 rings (SSSR count). The maximum atomic E-state index is 4.16. The van der Waals surface area contributed by atoms with Gasteiger partial charge in [-0.25, -0.2) is 4.98 Å². The van der Waals surface area contributed by atoms with Crippen LogP contribution in [0.3, 0.4) is 0 Å². The van der Waals surface area contributed by atoms with Gasteiger partial charge in [-0.2, -0.15) is 4.52 Å². The van der Waals surface area contributed by atoms with Crippen molar-refractivity contribution in [1.29, 1.82) is 0 Å². The molecule has 0 N–H and O–H groups in total. The molecular weight excluding hydrogens is 168 g/mol. The molecule has 62 valence electrons. The van der Waals surface area contributed by atoms with E-state index in [0.717, 1.165) is 11.0 Å². The largest absolute Gasteiger partial charge is 0.253 e. The van der Waals surface area contributed by atoms with Gasteiger partial charge in [0, 0.05) is 18.6 Å². The Kier molecular flexibility index (Phi) is 1.08. The lowest BCUT2D eigenvalue weighted by Crippen LogP contribution is -1.90. The Morgan fingerprint density at radius 3 is 3.08 bits per heavy atom. The van der Waals surface area contributed by atoms with Crippen molar-refractivity contribution in [2.75, 3.05) is 0 Å². The maximum absolute atomic E-state index is 4.16. The molecule has 6 heteroatoms. The highest BCUT2D eigenvalue weighted by Crippen LogP contribution is 2.10. The van der Waals surface area contributed by atoms with Gasteiger partial charge in [0.25, 0.3) is 0 Å². The van der Waals surface area contributed by atoms with Crippen LogP contribution in [0, 0.1) is 0 Å². The van der Waals surface area contributed by atoms with E-state index < -0.39 is 0 Å². The average molecular weight is 172 g/mol. The SMILES string of the molecule is c1cnc2c(ccn3nnnc23)n1. The van der Waals surface area contributed by atoms with Crippen molar-refractivity contribution >= 4 is 16.7 Å². The molecule has 0 unspecified atom stereocenters. The highest BCUT2D eigenvalue weighted by Gasteiger charge is 2.03. The molecule has 3 aromatic rings. The van der Waals surface area contributed by atoms with Gasteiger partial charge in [0.15, 0.2) is 0 Å². The number of hydrogen-bond acceptors (Lipinski definition) is 5. The third kappa shape index (κ3) is 0.792. The number of hydrogen-bond donors (Lipinski definition) is 0. The molecule has 0 spiro atoms. The van der Waals surface area contributed by atoms with Crippen molar-refractivity contribution in [3.63, 3.8) is 0 Å². The second-order valence-corrected chi connectivity index (χ2v) is 2.55. The van der Waals surface area contributed by atoms with E-state index in [1.807, 2.05) is 6.07 Å². The number of nitrogens with zero attached hydrogens (tertiary/aromatic N) is 6. The zero-order chi connectivity index (χ0) is 8.67. The summed E-state index contributed by atoms with van der Waals surface area (Å²) in [6, 6.07) is 1.83. The first-order valence-electron chi connectivity index (χ1n) is 3.72. The Morgan fingerprint density at radius 1 is 1.15 bits per heavy atom. The molecule has 0 radical (unpaired) electrons. The first-order chi connectivity index (χ1) is 6.45. The van der Waals surface area contributed by atoms with E-state index in [1.165, 1.54) is 0 Å². The molecule has 3 aromatic heterocycles. The molecule has 0 aliphatic heterocycles. The van der Waals surface area contributed by atoms with Gasteiger partial charge in [-0.1, -0.05) is 0 Å². The first kappa shape index (κ1) is 6.41. The fraction of sp³-hybridized carbons (Fsp3) is 0. The quantitative estimate of drug-likeness (QED) is 0.480. The van der Waals surface area contributed by atoms with Crippen LogP contribution in [0.5, 0.6) is 0 Å². The summed E-state index contributed by atoms with van der Waals surface area (Å²) in [5.74, 6) is 0. The van der Waals surface area contributed by atoms with E-state index in [1.54, 1.807) is 23.1 Å². The number of pyridine rings is 1. The second kappa shape index (κ2) is 2.19. The zero-order valence-corrected chi connectivity index (χ0v) is 6.49. The van der Waals surface area contributed by atoms with E-state index in [2.05, 4.69) is 25.5 Å². The molecular formula is C7H4N6. The van der Waals surface area contributed by atoms with Gasteiger partial charge >= 0.3 is 0 Å². The lowest BCUT2D eigenvalue weighted by molar-refractivity contribution is 0.824. The van der Waals surface area contributed by atoms with Crippen LogP contribution in [0.2, 0.25) is 0 Å². The normalized spacial score (nSPS) is 11.1. The highest BCUT2D eigenvalue weighted by atomic mass is 15.5. The fourth-order valence-corrected chi connectivity index (χ4v) is 1.23. The molecule has 3 heterocycles. The van der Waals surface area contributed by atoms with Crippen molar-refractivity contribution < 1.29 is 0 Å². The summed E-state index contributed by atoms with van der Waals surface area (Å²) in [5.41, 5.74) is 2.14. The van der Waals surface area contributed by atoms with Crippen LogP contribution in [0.1, 0.15) is 0 Å². The summed E-state index contributed by atoms with van der Waals surface area (Å²) >= 11 is 0. The second-order valence-electron chi connectivity index (χ2n) is 2.55. The standard InChI is InChI=1S/C7H4N6/c1-4-13-7(10-11-12-13)6-5(1)8-2-3-9-6/h1-4H.